The van der Waals surface area contributed by atoms with Gasteiger partial charge in [0.25, 0.3) is 0 Å². The van der Waals surface area contributed by atoms with Gasteiger partial charge in [-0.3, -0.25) is 4.98 Å². The van der Waals surface area contributed by atoms with Crippen molar-refractivity contribution in [3.8, 4) is 66.8 Å². The molecule has 0 radical (unpaired) electrons. The number of hydrogen-bond acceptors (Lipinski definition) is 3. The minimum Gasteiger partial charge on any atom is -0.387 e. The number of benzene rings is 7. The summed E-state index contributed by atoms with van der Waals surface area (Å²) < 4.78 is 0. The van der Waals surface area contributed by atoms with Gasteiger partial charge >= 0.3 is 0 Å². The average Bonchev–Trinajstić information content (AvgIpc) is 3.78. The van der Waals surface area contributed by atoms with E-state index in [2.05, 4.69) is 186 Å². The zero-order valence-electron chi connectivity index (χ0n) is 30.6. The Morgan fingerprint density at radius 3 is 1.55 bits per heavy atom. The van der Waals surface area contributed by atoms with Gasteiger partial charge in [0, 0.05) is 30.2 Å². The number of nitrogens with one attached hydrogen (secondary N) is 2. The molecule has 3 nitrogen and oxygen atoms in total. The van der Waals surface area contributed by atoms with Crippen molar-refractivity contribution in [2.45, 2.75) is 6.04 Å². The molecule has 2 aliphatic carbocycles. The fourth-order valence-electron chi connectivity index (χ4n) is 9.62. The molecule has 8 aromatic rings. The lowest BCUT2D eigenvalue weighted by Crippen LogP contribution is -2.31. The van der Waals surface area contributed by atoms with E-state index in [1.807, 2.05) is 12.4 Å². The SMILES string of the molecule is C1=CC(C2C=C(c3cc(-c4ccc5c6c(cccc46)-c4ccccc4-5)cc(-c4ccc5c6c(cccc46)-c4ccccc4-5)c3)C=C(c3ccncc3)N2)=CCN1. The summed E-state index contributed by atoms with van der Waals surface area (Å²) in [5.41, 5.74) is 21.2. The van der Waals surface area contributed by atoms with E-state index in [1.54, 1.807) is 0 Å². The van der Waals surface area contributed by atoms with Gasteiger partial charge < -0.3 is 10.6 Å². The van der Waals surface area contributed by atoms with Gasteiger partial charge in [0.2, 0.25) is 0 Å². The Labute approximate surface area is 325 Å². The minimum absolute atomic E-state index is 0.00851. The number of nitrogens with zero attached hydrogens (tertiary/aromatic N) is 1. The Hall–Kier alpha value is -7.23. The molecule has 2 N–H and O–H groups in total. The second kappa shape index (κ2) is 12.1. The van der Waals surface area contributed by atoms with Gasteiger partial charge in [0.05, 0.1) is 6.04 Å². The smallest absolute Gasteiger partial charge is 0.0705 e. The van der Waals surface area contributed by atoms with Gasteiger partial charge in [-0.05, 0) is 160 Å². The average molecular weight is 714 g/mol. The number of fused-ring (bicyclic) bond motifs is 6. The quantitative estimate of drug-likeness (QED) is 0.186. The number of hydrogen-bond donors (Lipinski definition) is 2. The molecule has 1 unspecified atom stereocenters. The van der Waals surface area contributed by atoms with E-state index >= 15 is 0 Å². The Kier molecular flexibility index (Phi) is 6.75. The molecule has 0 saturated carbocycles. The normalized spacial score (nSPS) is 15.8. The van der Waals surface area contributed by atoms with E-state index in [1.165, 1.54) is 105 Å². The van der Waals surface area contributed by atoms with Crippen molar-refractivity contribution in [2.75, 3.05) is 6.54 Å². The maximum Gasteiger partial charge on any atom is 0.0705 e. The molecule has 0 bridgehead atoms. The van der Waals surface area contributed by atoms with E-state index in [0.29, 0.717) is 0 Å². The van der Waals surface area contributed by atoms with Crippen LogP contribution in [0.2, 0.25) is 0 Å². The molecule has 7 aromatic carbocycles. The largest absolute Gasteiger partial charge is 0.387 e. The molecule has 3 heterocycles. The van der Waals surface area contributed by atoms with Gasteiger partial charge in [-0.1, -0.05) is 115 Å². The number of aromatic nitrogens is 1. The third-order valence-electron chi connectivity index (χ3n) is 12.1. The number of allylic oxidation sites excluding steroid dienone is 2. The minimum atomic E-state index is 0.00851. The summed E-state index contributed by atoms with van der Waals surface area (Å²) in [5.74, 6) is 0. The van der Waals surface area contributed by atoms with Crippen LogP contribution in [0.1, 0.15) is 11.1 Å². The van der Waals surface area contributed by atoms with Crippen molar-refractivity contribution in [3.63, 3.8) is 0 Å². The molecule has 2 aliphatic heterocycles. The molecule has 0 amide bonds. The van der Waals surface area contributed by atoms with Crippen LogP contribution in [0.5, 0.6) is 0 Å². The van der Waals surface area contributed by atoms with Crippen LogP contribution in [0.4, 0.5) is 0 Å². The second-order valence-electron chi connectivity index (χ2n) is 15.2. The van der Waals surface area contributed by atoms with Gasteiger partial charge in [0.1, 0.15) is 0 Å². The van der Waals surface area contributed by atoms with Crippen LogP contribution >= 0.6 is 0 Å². The summed E-state index contributed by atoms with van der Waals surface area (Å²) in [7, 11) is 0. The number of dihydropyridines is 2. The fourth-order valence-corrected chi connectivity index (χ4v) is 9.62. The van der Waals surface area contributed by atoms with Gasteiger partial charge in [-0.15, -0.1) is 0 Å². The molecule has 4 aliphatic rings. The lowest BCUT2D eigenvalue weighted by atomic mass is 9.86. The van der Waals surface area contributed by atoms with Crippen LogP contribution in [0.15, 0.2) is 188 Å². The highest BCUT2D eigenvalue weighted by atomic mass is 14.9. The van der Waals surface area contributed by atoms with Gasteiger partial charge in [0.15, 0.2) is 0 Å². The molecule has 56 heavy (non-hydrogen) atoms. The summed E-state index contributed by atoms with van der Waals surface area (Å²) in [6.45, 7) is 0.810. The first-order valence-corrected chi connectivity index (χ1v) is 19.4. The van der Waals surface area contributed by atoms with Crippen LogP contribution in [0.25, 0.3) is 99.6 Å². The van der Waals surface area contributed by atoms with Crippen LogP contribution in [0.3, 0.4) is 0 Å². The Morgan fingerprint density at radius 1 is 0.482 bits per heavy atom. The number of rotatable bonds is 5. The lowest BCUT2D eigenvalue weighted by Gasteiger charge is -2.27. The standard InChI is InChI=1S/C53H35N3/c1-3-9-42-40(7-1)46-13-5-11-44-38(15-17-48(42)52(44)46)36-27-34(35-30-50(32-19-23-54-24-20-32)56-51(31-35)33-21-25-55-26-22-33)28-37(29-36)39-16-18-49-43-10-4-2-8-41(43)47-14-6-12-45(39)53(47)49/h1-25,27-31,51,55-56H,26H2. The van der Waals surface area contributed by atoms with Crippen molar-refractivity contribution in [3.05, 3.63) is 199 Å². The van der Waals surface area contributed by atoms with Crippen molar-refractivity contribution >= 4 is 32.8 Å². The van der Waals surface area contributed by atoms with Crippen molar-refractivity contribution < 1.29 is 0 Å². The molecule has 12 rings (SSSR count). The van der Waals surface area contributed by atoms with Crippen LogP contribution in [-0.2, 0) is 0 Å². The third kappa shape index (κ3) is 4.67. The topological polar surface area (TPSA) is 37.0 Å². The Balaban J connectivity index is 1.11. The maximum atomic E-state index is 4.33. The zero-order chi connectivity index (χ0) is 36.7. The van der Waals surface area contributed by atoms with E-state index in [9.17, 15) is 0 Å². The molecule has 3 heteroatoms. The number of pyridine rings is 1. The third-order valence-corrected chi connectivity index (χ3v) is 12.1. The molecule has 0 saturated heterocycles. The highest BCUT2D eigenvalue weighted by molar-refractivity contribution is 6.20. The van der Waals surface area contributed by atoms with Crippen molar-refractivity contribution in [1.82, 2.24) is 15.6 Å². The monoisotopic (exact) mass is 713 g/mol. The van der Waals surface area contributed by atoms with E-state index in [0.717, 1.165) is 17.8 Å². The molecule has 1 atom stereocenters. The summed E-state index contributed by atoms with van der Waals surface area (Å²) in [6.07, 6.45) is 15.0. The molecular weight excluding hydrogens is 679 g/mol. The predicted molar refractivity (Wildman–Crippen MR) is 234 cm³/mol. The predicted octanol–water partition coefficient (Wildman–Crippen LogP) is 12.5. The van der Waals surface area contributed by atoms with Crippen molar-refractivity contribution in [1.29, 1.82) is 0 Å². The molecule has 0 fully saturated rings. The Bertz CT molecular complexity index is 2890. The second-order valence-corrected chi connectivity index (χ2v) is 15.2. The summed E-state index contributed by atoms with van der Waals surface area (Å²) >= 11 is 0. The van der Waals surface area contributed by atoms with E-state index in [4.69, 9.17) is 0 Å². The summed E-state index contributed by atoms with van der Waals surface area (Å²) in [4.78, 5) is 4.33. The summed E-state index contributed by atoms with van der Waals surface area (Å²) in [5, 5.41) is 12.4. The van der Waals surface area contributed by atoms with Gasteiger partial charge in [-0.2, -0.15) is 0 Å². The summed E-state index contributed by atoms with van der Waals surface area (Å²) in [6, 6.07) is 52.1. The highest BCUT2D eigenvalue weighted by Gasteiger charge is 2.26. The first-order chi connectivity index (χ1) is 27.8. The van der Waals surface area contributed by atoms with Crippen LogP contribution in [0, 0.1) is 0 Å². The zero-order valence-corrected chi connectivity index (χ0v) is 30.6. The van der Waals surface area contributed by atoms with Crippen molar-refractivity contribution in [2.24, 2.45) is 0 Å². The molecule has 262 valence electrons. The van der Waals surface area contributed by atoms with E-state index < -0.39 is 0 Å². The first kappa shape index (κ1) is 31.2. The highest BCUT2D eigenvalue weighted by Crippen LogP contribution is 2.52. The molecule has 0 spiro atoms. The fraction of sp³-hybridized carbons (Fsp3) is 0.0377. The maximum absolute atomic E-state index is 4.33. The van der Waals surface area contributed by atoms with Gasteiger partial charge in [-0.25, -0.2) is 0 Å². The van der Waals surface area contributed by atoms with E-state index in [-0.39, 0.29) is 6.04 Å². The Morgan fingerprint density at radius 2 is 1.00 bits per heavy atom. The van der Waals surface area contributed by atoms with Crippen LogP contribution in [-0.4, -0.2) is 17.6 Å². The molecular formula is C53H35N3. The van der Waals surface area contributed by atoms with Crippen LogP contribution < -0.4 is 10.6 Å². The lowest BCUT2D eigenvalue weighted by molar-refractivity contribution is 0.802. The first-order valence-electron chi connectivity index (χ1n) is 19.4. The molecule has 1 aromatic heterocycles.